The molecule has 1 heterocycles. The molecule has 26 heavy (non-hydrogen) atoms. The second kappa shape index (κ2) is 8.29. The fourth-order valence-corrected chi connectivity index (χ4v) is 3.80. The van der Waals surface area contributed by atoms with Gasteiger partial charge in [-0.3, -0.25) is 9.69 Å². The van der Waals surface area contributed by atoms with Crippen molar-refractivity contribution in [3.63, 3.8) is 0 Å². The van der Waals surface area contributed by atoms with Crippen LogP contribution in [0, 0.1) is 0 Å². The molecule has 0 fully saturated rings. The van der Waals surface area contributed by atoms with Crippen LogP contribution >= 0.6 is 11.3 Å². The van der Waals surface area contributed by atoms with Crippen molar-refractivity contribution in [2.24, 2.45) is 0 Å². The number of nitrogens with zero attached hydrogens (tertiary/aromatic N) is 2. The molecule has 1 atom stereocenters. The molecule has 0 radical (unpaired) electrons. The fraction of sp³-hybridized carbons (Fsp3) is 0.300. The lowest BCUT2D eigenvalue weighted by molar-refractivity contribution is -0.122. The van der Waals surface area contributed by atoms with Crippen molar-refractivity contribution >= 4 is 27.5 Å². The first-order valence-electron chi connectivity index (χ1n) is 8.52. The van der Waals surface area contributed by atoms with Crippen LogP contribution in [0.5, 0.6) is 5.75 Å². The molecule has 1 N–H and O–H groups in total. The molecule has 136 valence electrons. The minimum absolute atomic E-state index is 0.0219. The third-order valence-corrected chi connectivity index (χ3v) is 5.60. The average molecular weight is 369 g/mol. The summed E-state index contributed by atoms with van der Waals surface area (Å²) in [6.45, 7) is 2.84. The van der Waals surface area contributed by atoms with Crippen molar-refractivity contribution in [1.82, 2.24) is 15.2 Å². The number of aromatic nitrogens is 1. The summed E-state index contributed by atoms with van der Waals surface area (Å²) in [6, 6.07) is 15.9. The SMILES string of the molecule is COc1ccccc1CNC(=O)CN(C)[C@@H](C)c1nc2ccccc2s1. The molecule has 1 amide bonds. The summed E-state index contributed by atoms with van der Waals surface area (Å²) in [5.41, 5.74) is 1.97. The summed E-state index contributed by atoms with van der Waals surface area (Å²) >= 11 is 1.67. The lowest BCUT2D eigenvalue weighted by Gasteiger charge is -2.22. The van der Waals surface area contributed by atoms with Crippen LogP contribution in [0.15, 0.2) is 48.5 Å². The molecule has 0 bridgehead atoms. The summed E-state index contributed by atoms with van der Waals surface area (Å²) in [5, 5.41) is 3.98. The topological polar surface area (TPSA) is 54.5 Å². The number of nitrogens with one attached hydrogen (secondary N) is 1. The van der Waals surface area contributed by atoms with Gasteiger partial charge in [-0.2, -0.15) is 0 Å². The molecular formula is C20H23N3O2S. The highest BCUT2D eigenvalue weighted by Crippen LogP contribution is 2.28. The Morgan fingerprint density at radius 2 is 1.96 bits per heavy atom. The van der Waals surface area contributed by atoms with Gasteiger partial charge in [0.2, 0.25) is 5.91 Å². The average Bonchev–Trinajstić information content (AvgIpc) is 3.10. The molecule has 6 heteroatoms. The summed E-state index contributed by atoms with van der Waals surface area (Å²) < 4.78 is 6.48. The molecule has 0 spiro atoms. The maximum absolute atomic E-state index is 12.3. The molecule has 0 aliphatic rings. The van der Waals surface area contributed by atoms with Crippen LogP contribution in [0.2, 0.25) is 0 Å². The summed E-state index contributed by atoms with van der Waals surface area (Å²) in [5.74, 6) is 0.760. The lowest BCUT2D eigenvalue weighted by Crippen LogP contribution is -2.36. The van der Waals surface area contributed by atoms with Gasteiger partial charge in [-0.1, -0.05) is 30.3 Å². The molecule has 0 saturated carbocycles. The Hall–Kier alpha value is -2.44. The molecule has 0 saturated heterocycles. The normalized spacial score (nSPS) is 12.3. The first kappa shape index (κ1) is 18.4. The fourth-order valence-electron chi connectivity index (χ4n) is 2.72. The Balaban J connectivity index is 1.58. The highest BCUT2D eigenvalue weighted by molar-refractivity contribution is 7.18. The Kier molecular flexibility index (Phi) is 5.85. The number of rotatable bonds is 7. The van der Waals surface area contributed by atoms with E-state index in [0.717, 1.165) is 21.8 Å². The Morgan fingerprint density at radius 1 is 1.23 bits per heavy atom. The van der Waals surface area contributed by atoms with Gasteiger partial charge in [-0.05, 0) is 32.2 Å². The zero-order valence-corrected chi connectivity index (χ0v) is 16.0. The molecule has 1 aromatic heterocycles. The minimum Gasteiger partial charge on any atom is -0.496 e. The van der Waals surface area contributed by atoms with Crippen LogP contribution in [-0.2, 0) is 11.3 Å². The number of fused-ring (bicyclic) bond motifs is 1. The molecule has 5 nitrogen and oxygen atoms in total. The first-order valence-corrected chi connectivity index (χ1v) is 9.34. The van der Waals surface area contributed by atoms with Crippen molar-refractivity contribution in [2.75, 3.05) is 20.7 Å². The van der Waals surface area contributed by atoms with Crippen LogP contribution in [0.25, 0.3) is 10.2 Å². The number of likely N-dealkylation sites (N-methyl/N-ethyl adjacent to an activating group) is 1. The van der Waals surface area contributed by atoms with Gasteiger partial charge in [-0.15, -0.1) is 11.3 Å². The maximum atomic E-state index is 12.3. The zero-order valence-electron chi connectivity index (χ0n) is 15.2. The lowest BCUT2D eigenvalue weighted by atomic mass is 10.2. The van der Waals surface area contributed by atoms with Crippen LogP contribution in [0.4, 0.5) is 0 Å². The molecular weight excluding hydrogens is 346 g/mol. The number of amides is 1. The summed E-state index contributed by atoms with van der Waals surface area (Å²) in [6.07, 6.45) is 0. The van der Waals surface area contributed by atoms with Gasteiger partial charge < -0.3 is 10.1 Å². The maximum Gasteiger partial charge on any atom is 0.234 e. The second-order valence-electron chi connectivity index (χ2n) is 6.20. The van der Waals surface area contributed by atoms with Gasteiger partial charge in [0.05, 0.1) is 29.9 Å². The Bertz CT molecular complexity index is 860. The van der Waals surface area contributed by atoms with E-state index >= 15 is 0 Å². The van der Waals surface area contributed by atoms with Gasteiger partial charge in [0, 0.05) is 12.1 Å². The van der Waals surface area contributed by atoms with Crippen LogP contribution < -0.4 is 10.1 Å². The van der Waals surface area contributed by atoms with E-state index in [0.29, 0.717) is 13.1 Å². The van der Waals surface area contributed by atoms with E-state index in [4.69, 9.17) is 4.74 Å². The van der Waals surface area contributed by atoms with E-state index in [2.05, 4.69) is 23.3 Å². The van der Waals surface area contributed by atoms with Crippen LogP contribution in [-0.4, -0.2) is 36.5 Å². The molecule has 3 rings (SSSR count). The number of hydrogen-bond acceptors (Lipinski definition) is 5. The van der Waals surface area contributed by atoms with E-state index in [1.54, 1.807) is 18.4 Å². The zero-order chi connectivity index (χ0) is 18.5. The number of benzene rings is 2. The van der Waals surface area contributed by atoms with E-state index in [9.17, 15) is 4.79 Å². The van der Waals surface area contributed by atoms with E-state index in [1.165, 1.54) is 4.70 Å². The van der Waals surface area contributed by atoms with Crippen LogP contribution in [0.1, 0.15) is 23.5 Å². The predicted octanol–water partition coefficient (Wildman–Crippen LogP) is 3.61. The van der Waals surface area contributed by atoms with E-state index in [1.807, 2.05) is 54.4 Å². The van der Waals surface area contributed by atoms with Crippen molar-refractivity contribution in [1.29, 1.82) is 0 Å². The van der Waals surface area contributed by atoms with Crippen LogP contribution in [0.3, 0.4) is 0 Å². The van der Waals surface area contributed by atoms with Gasteiger partial charge in [-0.25, -0.2) is 4.98 Å². The molecule has 3 aromatic rings. The number of thiazole rings is 1. The summed E-state index contributed by atoms with van der Waals surface area (Å²) in [7, 11) is 3.58. The third kappa shape index (κ3) is 4.20. The summed E-state index contributed by atoms with van der Waals surface area (Å²) in [4.78, 5) is 19.0. The number of para-hydroxylation sites is 2. The quantitative estimate of drug-likeness (QED) is 0.691. The largest absolute Gasteiger partial charge is 0.496 e. The van der Waals surface area contributed by atoms with Crippen molar-refractivity contribution in [3.05, 3.63) is 59.1 Å². The third-order valence-electron chi connectivity index (χ3n) is 4.39. The minimum atomic E-state index is -0.0219. The highest BCUT2D eigenvalue weighted by atomic mass is 32.1. The van der Waals surface area contributed by atoms with Gasteiger partial charge >= 0.3 is 0 Å². The van der Waals surface area contributed by atoms with Gasteiger partial charge in [0.25, 0.3) is 0 Å². The van der Waals surface area contributed by atoms with Gasteiger partial charge in [0.1, 0.15) is 10.8 Å². The van der Waals surface area contributed by atoms with E-state index in [-0.39, 0.29) is 11.9 Å². The number of hydrogen-bond donors (Lipinski definition) is 1. The molecule has 2 aromatic carbocycles. The second-order valence-corrected chi connectivity index (χ2v) is 7.26. The van der Waals surface area contributed by atoms with Gasteiger partial charge in [0.15, 0.2) is 0 Å². The highest BCUT2D eigenvalue weighted by Gasteiger charge is 2.18. The number of carbonyl (C=O) groups is 1. The predicted molar refractivity (Wildman–Crippen MR) is 106 cm³/mol. The molecule has 0 aliphatic carbocycles. The first-order chi connectivity index (χ1) is 12.6. The smallest absolute Gasteiger partial charge is 0.234 e. The van der Waals surface area contributed by atoms with Crippen molar-refractivity contribution in [3.8, 4) is 5.75 Å². The van der Waals surface area contributed by atoms with E-state index < -0.39 is 0 Å². The standard InChI is InChI=1S/C20H23N3O2S/c1-14(20-22-16-9-5-7-11-18(16)26-20)23(2)13-19(24)21-12-15-8-4-6-10-17(15)25-3/h4-11,14H,12-13H2,1-3H3,(H,21,24)/t14-/m0/s1. The number of carbonyl (C=O) groups excluding carboxylic acids is 1. The Labute approximate surface area is 157 Å². The molecule has 0 unspecified atom stereocenters. The molecule has 0 aliphatic heterocycles. The Morgan fingerprint density at radius 3 is 2.73 bits per heavy atom. The van der Waals surface area contributed by atoms with Crippen molar-refractivity contribution in [2.45, 2.75) is 19.5 Å². The van der Waals surface area contributed by atoms with Crippen molar-refractivity contribution < 1.29 is 9.53 Å². The number of ether oxygens (including phenoxy) is 1. The number of methoxy groups -OCH3 is 1. The monoisotopic (exact) mass is 369 g/mol.